The van der Waals surface area contributed by atoms with Gasteiger partial charge in [0, 0.05) is 32.3 Å². The van der Waals surface area contributed by atoms with Gasteiger partial charge in [-0.05, 0) is 27.2 Å². The summed E-state index contributed by atoms with van der Waals surface area (Å²) in [7, 11) is 0. The number of hydrogen-bond acceptors (Lipinski definition) is 4. The molecule has 0 aromatic carbocycles. The lowest BCUT2D eigenvalue weighted by Crippen LogP contribution is -2.48. The van der Waals surface area contributed by atoms with Gasteiger partial charge in [0.05, 0.1) is 18.8 Å². The SMILES string of the molecule is CCOC(CN)CCN1CC(C)OCC1C. The van der Waals surface area contributed by atoms with E-state index in [-0.39, 0.29) is 6.10 Å². The van der Waals surface area contributed by atoms with Crippen molar-refractivity contribution in [1.29, 1.82) is 0 Å². The lowest BCUT2D eigenvalue weighted by Gasteiger charge is -2.37. The maximum Gasteiger partial charge on any atom is 0.0709 e. The zero-order chi connectivity index (χ0) is 12.0. The van der Waals surface area contributed by atoms with Gasteiger partial charge in [-0.1, -0.05) is 0 Å². The second-order valence-corrected chi connectivity index (χ2v) is 4.59. The maximum absolute atomic E-state index is 5.67. The van der Waals surface area contributed by atoms with Crippen LogP contribution in [0.3, 0.4) is 0 Å². The van der Waals surface area contributed by atoms with Crippen molar-refractivity contribution >= 4 is 0 Å². The van der Waals surface area contributed by atoms with E-state index in [1.807, 2.05) is 6.92 Å². The fourth-order valence-corrected chi connectivity index (χ4v) is 2.10. The van der Waals surface area contributed by atoms with Gasteiger partial charge in [-0.15, -0.1) is 0 Å². The molecule has 1 aliphatic rings. The van der Waals surface area contributed by atoms with Crippen molar-refractivity contribution in [2.45, 2.75) is 45.4 Å². The molecule has 1 fully saturated rings. The summed E-state index contributed by atoms with van der Waals surface area (Å²) in [4.78, 5) is 2.47. The predicted molar refractivity (Wildman–Crippen MR) is 65.5 cm³/mol. The molecule has 2 N–H and O–H groups in total. The molecule has 0 aromatic heterocycles. The molecule has 0 aromatic rings. The van der Waals surface area contributed by atoms with Crippen LogP contribution in [-0.2, 0) is 9.47 Å². The highest BCUT2D eigenvalue weighted by atomic mass is 16.5. The van der Waals surface area contributed by atoms with E-state index in [4.69, 9.17) is 15.2 Å². The quantitative estimate of drug-likeness (QED) is 0.735. The molecule has 0 amide bonds. The molecule has 0 bridgehead atoms. The van der Waals surface area contributed by atoms with Crippen LogP contribution in [0.5, 0.6) is 0 Å². The zero-order valence-electron chi connectivity index (χ0n) is 10.8. The summed E-state index contributed by atoms with van der Waals surface area (Å²) in [5, 5.41) is 0. The lowest BCUT2D eigenvalue weighted by molar-refractivity contribution is -0.0547. The molecule has 0 spiro atoms. The first-order valence-corrected chi connectivity index (χ1v) is 6.34. The van der Waals surface area contributed by atoms with Crippen LogP contribution in [0.2, 0.25) is 0 Å². The van der Waals surface area contributed by atoms with E-state index in [2.05, 4.69) is 18.7 Å². The number of nitrogens with two attached hydrogens (primary N) is 1. The van der Waals surface area contributed by atoms with E-state index in [1.165, 1.54) is 0 Å². The summed E-state index contributed by atoms with van der Waals surface area (Å²) in [6.07, 6.45) is 1.57. The van der Waals surface area contributed by atoms with Gasteiger partial charge in [-0.2, -0.15) is 0 Å². The minimum Gasteiger partial charge on any atom is -0.377 e. The van der Waals surface area contributed by atoms with Gasteiger partial charge in [0.2, 0.25) is 0 Å². The average Bonchev–Trinajstić information content (AvgIpc) is 2.28. The Kier molecular flexibility index (Phi) is 6.28. The molecule has 3 unspecified atom stereocenters. The molecule has 4 nitrogen and oxygen atoms in total. The number of rotatable bonds is 6. The smallest absolute Gasteiger partial charge is 0.0709 e. The highest BCUT2D eigenvalue weighted by molar-refractivity contribution is 4.76. The molecule has 1 aliphatic heterocycles. The van der Waals surface area contributed by atoms with E-state index in [1.54, 1.807) is 0 Å². The molecular weight excluding hydrogens is 204 g/mol. The Morgan fingerprint density at radius 2 is 2.25 bits per heavy atom. The Hall–Kier alpha value is -0.160. The van der Waals surface area contributed by atoms with E-state index in [0.717, 1.165) is 32.7 Å². The van der Waals surface area contributed by atoms with Crippen LogP contribution < -0.4 is 5.73 Å². The first-order valence-electron chi connectivity index (χ1n) is 6.34. The Balaban J connectivity index is 2.28. The van der Waals surface area contributed by atoms with Crippen molar-refractivity contribution in [3.63, 3.8) is 0 Å². The molecule has 4 heteroatoms. The highest BCUT2D eigenvalue weighted by Crippen LogP contribution is 2.12. The predicted octanol–water partition coefficient (Wildman–Crippen LogP) is 0.850. The zero-order valence-corrected chi connectivity index (χ0v) is 10.8. The van der Waals surface area contributed by atoms with Gasteiger partial charge in [0.15, 0.2) is 0 Å². The van der Waals surface area contributed by atoms with Crippen LogP contribution in [0.1, 0.15) is 27.2 Å². The van der Waals surface area contributed by atoms with E-state index < -0.39 is 0 Å². The number of ether oxygens (including phenoxy) is 2. The second kappa shape index (κ2) is 7.22. The van der Waals surface area contributed by atoms with Crippen molar-refractivity contribution in [2.24, 2.45) is 5.73 Å². The second-order valence-electron chi connectivity index (χ2n) is 4.59. The third kappa shape index (κ3) is 4.37. The first kappa shape index (κ1) is 13.9. The molecule has 96 valence electrons. The van der Waals surface area contributed by atoms with Crippen LogP contribution in [0.25, 0.3) is 0 Å². The van der Waals surface area contributed by atoms with Crippen LogP contribution in [0.4, 0.5) is 0 Å². The third-order valence-electron chi connectivity index (χ3n) is 3.14. The average molecular weight is 230 g/mol. The molecule has 0 saturated carbocycles. The third-order valence-corrected chi connectivity index (χ3v) is 3.14. The summed E-state index contributed by atoms with van der Waals surface area (Å²) in [5.41, 5.74) is 5.67. The van der Waals surface area contributed by atoms with Gasteiger partial charge in [-0.3, -0.25) is 4.90 Å². The van der Waals surface area contributed by atoms with Crippen LogP contribution >= 0.6 is 0 Å². The molecule has 16 heavy (non-hydrogen) atoms. The molecule has 0 aliphatic carbocycles. The van der Waals surface area contributed by atoms with Gasteiger partial charge in [0.25, 0.3) is 0 Å². The molecule has 1 saturated heterocycles. The van der Waals surface area contributed by atoms with Gasteiger partial charge >= 0.3 is 0 Å². The van der Waals surface area contributed by atoms with E-state index >= 15 is 0 Å². The molecule has 3 atom stereocenters. The summed E-state index contributed by atoms with van der Waals surface area (Å²) in [5.74, 6) is 0. The van der Waals surface area contributed by atoms with Crippen LogP contribution in [0.15, 0.2) is 0 Å². The van der Waals surface area contributed by atoms with Crippen molar-refractivity contribution in [2.75, 3.05) is 32.8 Å². The topological polar surface area (TPSA) is 47.7 Å². The normalized spacial score (nSPS) is 29.2. The van der Waals surface area contributed by atoms with Crippen molar-refractivity contribution in [3.8, 4) is 0 Å². The van der Waals surface area contributed by atoms with Crippen molar-refractivity contribution < 1.29 is 9.47 Å². The number of hydrogen-bond donors (Lipinski definition) is 1. The Morgan fingerprint density at radius 3 is 2.88 bits per heavy atom. The lowest BCUT2D eigenvalue weighted by atomic mass is 10.1. The minimum absolute atomic E-state index is 0.204. The van der Waals surface area contributed by atoms with Crippen molar-refractivity contribution in [1.82, 2.24) is 4.90 Å². The highest BCUT2D eigenvalue weighted by Gasteiger charge is 2.23. The molecular formula is C12H26N2O2. The number of morpholine rings is 1. The Bertz CT molecular complexity index is 190. The summed E-state index contributed by atoms with van der Waals surface area (Å²) < 4.78 is 11.2. The summed E-state index contributed by atoms with van der Waals surface area (Å²) >= 11 is 0. The fourth-order valence-electron chi connectivity index (χ4n) is 2.10. The van der Waals surface area contributed by atoms with Gasteiger partial charge in [0.1, 0.15) is 0 Å². The van der Waals surface area contributed by atoms with E-state index in [9.17, 15) is 0 Å². The molecule has 0 radical (unpaired) electrons. The minimum atomic E-state index is 0.204. The molecule has 1 rings (SSSR count). The first-order chi connectivity index (χ1) is 7.67. The standard InChI is InChI=1S/C12H26N2O2/c1-4-15-12(7-13)5-6-14-8-11(3)16-9-10(14)2/h10-12H,4-9,13H2,1-3H3. The largest absolute Gasteiger partial charge is 0.377 e. The Labute approximate surface area is 99.1 Å². The summed E-state index contributed by atoms with van der Waals surface area (Å²) in [6.45, 7) is 10.6. The van der Waals surface area contributed by atoms with Crippen LogP contribution in [-0.4, -0.2) is 56.0 Å². The van der Waals surface area contributed by atoms with Gasteiger partial charge < -0.3 is 15.2 Å². The maximum atomic E-state index is 5.67. The van der Waals surface area contributed by atoms with Crippen molar-refractivity contribution in [3.05, 3.63) is 0 Å². The summed E-state index contributed by atoms with van der Waals surface area (Å²) in [6, 6.07) is 0.510. The fraction of sp³-hybridized carbons (Fsp3) is 1.00. The molecule has 1 heterocycles. The monoisotopic (exact) mass is 230 g/mol. The van der Waals surface area contributed by atoms with Gasteiger partial charge in [-0.25, -0.2) is 0 Å². The van der Waals surface area contributed by atoms with Crippen LogP contribution in [0, 0.1) is 0 Å². The van der Waals surface area contributed by atoms with E-state index in [0.29, 0.717) is 18.7 Å². The number of nitrogens with zero attached hydrogens (tertiary/aromatic N) is 1. The Morgan fingerprint density at radius 1 is 1.50 bits per heavy atom.